The molecule has 0 atom stereocenters. The van der Waals surface area contributed by atoms with Crippen LogP contribution in [0.15, 0.2) is 47.6 Å². The first-order chi connectivity index (χ1) is 17.2. The van der Waals surface area contributed by atoms with Gasteiger partial charge in [0.25, 0.3) is 5.56 Å². The van der Waals surface area contributed by atoms with Gasteiger partial charge >= 0.3 is 0 Å². The second kappa shape index (κ2) is 8.32. The van der Waals surface area contributed by atoms with Crippen molar-refractivity contribution in [3.63, 3.8) is 0 Å². The van der Waals surface area contributed by atoms with E-state index < -0.39 is 0 Å². The maximum absolute atomic E-state index is 13.4. The van der Waals surface area contributed by atoms with E-state index >= 15 is 0 Å². The first kappa shape index (κ1) is 20.8. The zero-order valence-electron chi connectivity index (χ0n) is 19.5. The fourth-order valence-electron chi connectivity index (χ4n) is 5.05. The number of fused-ring (bicyclic) bond motifs is 2. The van der Waals surface area contributed by atoms with Crippen LogP contribution in [-0.2, 0) is 11.3 Å². The number of aromatic nitrogens is 6. The van der Waals surface area contributed by atoms with Gasteiger partial charge in [0.05, 0.1) is 47.9 Å². The summed E-state index contributed by atoms with van der Waals surface area (Å²) in [6.45, 7) is 4.72. The summed E-state index contributed by atoms with van der Waals surface area (Å²) in [5.41, 5.74) is 5.34. The SMILES string of the molecule is O=c1c2cc(-c3c(-c4ccn(C5CC5)n4)nc4n3C=CB4)ccc2ncn1CCN1CCOCC1. The van der Waals surface area contributed by atoms with Gasteiger partial charge < -0.3 is 9.30 Å². The third kappa shape index (κ3) is 3.73. The summed E-state index contributed by atoms with van der Waals surface area (Å²) >= 11 is 0. The Morgan fingerprint density at radius 3 is 2.86 bits per heavy atom. The van der Waals surface area contributed by atoms with Crippen LogP contribution < -0.4 is 11.3 Å². The number of nitrogens with zero attached hydrogens (tertiary/aromatic N) is 7. The van der Waals surface area contributed by atoms with E-state index in [4.69, 9.17) is 14.8 Å². The predicted molar refractivity (Wildman–Crippen MR) is 136 cm³/mol. The van der Waals surface area contributed by atoms with E-state index in [1.54, 1.807) is 10.9 Å². The summed E-state index contributed by atoms with van der Waals surface area (Å²) in [4.78, 5) is 25.3. The van der Waals surface area contributed by atoms with Crippen molar-refractivity contribution < 1.29 is 4.74 Å². The Kier molecular flexibility index (Phi) is 4.95. The fraction of sp³-hybridized carbons (Fsp3) is 0.360. The van der Waals surface area contributed by atoms with Gasteiger partial charge in [-0.1, -0.05) is 12.0 Å². The Hall–Kier alpha value is -3.50. The standard InChI is InChI=1S/C25H26BN7O2/c34-24-19-15-17(1-4-20(19)27-16-31(24)10-9-30-11-13-35-14-12-30)23-22(28-25-26-6-8-32(23)25)21-5-7-33(29-21)18-2-3-18/h1,4-8,15-16,18,26H,2-3,9-14H2. The lowest BCUT2D eigenvalue weighted by Gasteiger charge is -2.26. The van der Waals surface area contributed by atoms with Gasteiger partial charge in [0.1, 0.15) is 11.4 Å². The van der Waals surface area contributed by atoms with Gasteiger partial charge in [-0.3, -0.25) is 18.9 Å². The Bertz CT molecular complexity index is 1510. The van der Waals surface area contributed by atoms with Crippen molar-refractivity contribution in [2.75, 3.05) is 32.8 Å². The number of ether oxygens (including phenoxy) is 1. The highest BCUT2D eigenvalue weighted by Crippen LogP contribution is 2.36. The Morgan fingerprint density at radius 2 is 2.00 bits per heavy atom. The number of imidazole rings is 1. The van der Waals surface area contributed by atoms with Crippen molar-refractivity contribution in [2.45, 2.75) is 25.4 Å². The number of hydrogen-bond acceptors (Lipinski definition) is 6. The van der Waals surface area contributed by atoms with Gasteiger partial charge in [0.2, 0.25) is 7.28 Å². The zero-order valence-corrected chi connectivity index (χ0v) is 19.5. The quantitative estimate of drug-likeness (QED) is 0.398. The number of hydrogen-bond donors (Lipinski definition) is 0. The fourth-order valence-corrected chi connectivity index (χ4v) is 5.05. The predicted octanol–water partition coefficient (Wildman–Crippen LogP) is 1.29. The van der Waals surface area contributed by atoms with Crippen molar-refractivity contribution in [3.05, 3.63) is 53.1 Å². The van der Waals surface area contributed by atoms with Crippen LogP contribution in [0.4, 0.5) is 0 Å². The highest BCUT2D eigenvalue weighted by molar-refractivity contribution is 6.59. The molecule has 1 saturated carbocycles. The van der Waals surface area contributed by atoms with Gasteiger partial charge in [-0.05, 0) is 37.2 Å². The molecule has 10 heteroatoms. The number of rotatable bonds is 6. The molecule has 3 aliphatic rings. The molecule has 0 unspecified atom stereocenters. The monoisotopic (exact) mass is 467 g/mol. The number of morpholine rings is 1. The third-order valence-electron chi connectivity index (χ3n) is 7.17. The molecular formula is C25H26BN7O2. The van der Waals surface area contributed by atoms with Crippen LogP contribution in [0, 0.1) is 0 Å². The molecule has 1 aromatic carbocycles. The molecule has 0 bridgehead atoms. The van der Waals surface area contributed by atoms with Crippen LogP contribution >= 0.6 is 0 Å². The molecule has 0 N–H and O–H groups in total. The normalized spacial score (nSPS) is 17.7. The Balaban J connectivity index is 1.28. The molecule has 9 nitrogen and oxygen atoms in total. The molecule has 5 heterocycles. The maximum atomic E-state index is 13.4. The van der Waals surface area contributed by atoms with E-state index in [0.717, 1.165) is 68.5 Å². The van der Waals surface area contributed by atoms with Gasteiger partial charge in [0, 0.05) is 37.9 Å². The summed E-state index contributed by atoms with van der Waals surface area (Å²) in [6.07, 6.45) is 8.15. The molecule has 1 saturated heterocycles. The molecule has 3 aromatic heterocycles. The van der Waals surface area contributed by atoms with Crippen molar-refractivity contribution in [3.8, 4) is 22.6 Å². The van der Waals surface area contributed by atoms with E-state index in [-0.39, 0.29) is 5.56 Å². The minimum Gasteiger partial charge on any atom is -0.379 e. The summed E-state index contributed by atoms with van der Waals surface area (Å²) < 4.78 is 11.3. The summed E-state index contributed by atoms with van der Waals surface area (Å²) in [5.74, 6) is 2.11. The summed E-state index contributed by atoms with van der Waals surface area (Å²) in [5, 5.41) is 5.45. The van der Waals surface area contributed by atoms with E-state index in [0.29, 0.717) is 23.5 Å². The largest absolute Gasteiger partial charge is 0.379 e. The first-order valence-electron chi connectivity index (χ1n) is 12.4. The van der Waals surface area contributed by atoms with Crippen molar-refractivity contribution in [1.29, 1.82) is 0 Å². The molecule has 176 valence electrons. The first-order valence-corrected chi connectivity index (χ1v) is 12.4. The van der Waals surface area contributed by atoms with Crippen molar-refractivity contribution >= 4 is 30.1 Å². The highest BCUT2D eigenvalue weighted by atomic mass is 16.5. The van der Waals surface area contributed by atoms with E-state index in [1.165, 1.54) is 12.8 Å². The van der Waals surface area contributed by atoms with Crippen molar-refractivity contribution in [2.24, 2.45) is 0 Å². The van der Waals surface area contributed by atoms with E-state index in [2.05, 4.69) is 37.5 Å². The highest BCUT2D eigenvalue weighted by Gasteiger charge is 2.27. The average Bonchev–Trinajstić information content (AvgIpc) is 3.28. The van der Waals surface area contributed by atoms with Crippen LogP contribution in [0.2, 0.25) is 0 Å². The van der Waals surface area contributed by atoms with Crippen LogP contribution in [0.5, 0.6) is 0 Å². The van der Waals surface area contributed by atoms with Crippen LogP contribution in [0.25, 0.3) is 39.7 Å². The summed E-state index contributed by atoms with van der Waals surface area (Å²) in [7, 11) is 0.791. The van der Waals surface area contributed by atoms with Gasteiger partial charge in [-0.25, -0.2) is 9.97 Å². The lowest BCUT2D eigenvalue weighted by atomic mass is 9.80. The molecule has 0 radical (unpaired) electrons. The number of benzene rings is 1. The van der Waals surface area contributed by atoms with Gasteiger partial charge in [-0.2, -0.15) is 5.10 Å². The minimum atomic E-state index is -0.0126. The summed E-state index contributed by atoms with van der Waals surface area (Å²) in [6, 6.07) is 8.50. The second-order valence-electron chi connectivity index (χ2n) is 9.53. The molecule has 2 fully saturated rings. The Labute approximate surface area is 202 Å². The molecule has 1 aliphatic carbocycles. The third-order valence-corrected chi connectivity index (χ3v) is 7.17. The van der Waals surface area contributed by atoms with Gasteiger partial charge in [-0.15, -0.1) is 0 Å². The van der Waals surface area contributed by atoms with Crippen molar-refractivity contribution in [1.82, 2.24) is 33.8 Å². The smallest absolute Gasteiger partial charge is 0.261 e. The molecule has 0 spiro atoms. The lowest BCUT2D eigenvalue weighted by molar-refractivity contribution is 0.0362. The second-order valence-corrected chi connectivity index (χ2v) is 9.53. The molecule has 2 aliphatic heterocycles. The van der Waals surface area contributed by atoms with E-state index in [1.807, 2.05) is 24.3 Å². The average molecular weight is 467 g/mol. The van der Waals surface area contributed by atoms with Crippen LogP contribution in [0.1, 0.15) is 18.9 Å². The molecule has 35 heavy (non-hydrogen) atoms. The van der Waals surface area contributed by atoms with Crippen LogP contribution in [-0.4, -0.2) is 73.9 Å². The van der Waals surface area contributed by atoms with E-state index in [9.17, 15) is 4.79 Å². The minimum absolute atomic E-state index is 0.0126. The molecule has 7 rings (SSSR count). The zero-order chi connectivity index (χ0) is 23.4. The molecular weight excluding hydrogens is 441 g/mol. The van der Waals surface area contributed by atoms with Gasteiger partial charge in [0.15, 0.2) is 0 Å². The Morgan fingerprint density at radius 1 is 1.11 bits per heavy atom. The van der Waals surface area contributed by atoms with Crippen LogP contribution in [0.3, 0.4) is 0 Å². The molecule has 0 amide bonds. The lowest BCUT2D eigenvalue weighted by Crippen LogP contribution is -2.39. The molecule has 4 aromatic rings. The maximum Gasteiger partial charge on any atom is 0.261 e. The topological polar surface area (TPSA) is 83.0 Å².